The Bertz CT molecular complexity index is 1090. The second-order valence-electron chi connectivity index (χ2n) is 7.66. The summed E-state index contributed by atoms with van der Waals surface area (Å²) < 4.78 is 6.10. The number of halogens is 2. The molecule has 3 saturated heterocycles. The fraction of sp³-hybridized carbons (Fsp3) is 0.286. The van der Waals surface area contributed by atoms with Crippen LogP contribution >= 0.6 is 23.2 Å². The fourth-order valence-corrected chi connectivity index (χ4v) is 5.45. The number of imide groups is 1. The molecule has 2 amide bonds. The predicted molar refractivity (Wildman–Crippen MR) is 106 cm³/mol. The molecule has 6 atom stereocenters. The van der Waals surface area contributed by atoms with E-state index in [0.29, 0.717) is 21.4 Å². The van der Waals surface area contributed by atoms with E-state index in [1.807, 2.05) is 18.2 Å². The van der Waals surface area contributed by atoms with E-state index in [-0.39, 0.29) is 17.7 Å². The summed E-state index contributed by atoms with van der Waals surface area (Å²) in [7, 11) is 0. The maximum absolute atomic E-state index is 13.3. The fourth-order valence-electron chi connectivity index (χ4n) is 5.09. The topological polar surface area (TPSA) is 68.2 Å². The molecule has 8 heteroatoms. The van der Waals surface area contributed by atoms with Gasteiger partial charge in [-0.1, -0.05) is 46.6 Å². The second kappa shape index (κ2) is 6.05. The van der Waals surface area contributed by atoms with Crippen LogP contribution in [0.15, 0.2) is 53.7 Å². The average Bonchev–Trinajstić information content (AvgIpc) is 3.44. The number of hydrogen-bond acceptors (Lipinski definition) is 5. The summed E-state index contributed by atoms with van der Waals surface area (Å²) in [5, 5.41) is 5.36. The quantitative estimate of drug-likeness (QED) is 0.688. The van der Waals surface area contributed by atoms with Crippen molar-refractivity contribution >= 4 is 46.4 Å². The number of ether oxygens (including phenoxy) is 1. The van der Waals surface area contributed by atoms with Gasteiger partial charge in [0.05, 0.1) is 35.3 Å². The van der Waals surface area contributed by atoms with Crippen molar-refractivity contribution in [3.63, 3.8) is 0 Å². The van der Waals surface area contributed by atoms with Gasteiger partial charge in [-0.05, 0) is 30.3 Å². The van der Waals surface area contributed by atoms with E-state index in [4.69, 9.17) is 32.8 Å². The number of oxime groups is 1. The molecule has 4 aliphatic rings. The van der Waals surface area contributed by atoms with Crippen LogP contribution in [-0.4, -0.2) is 35.8 Å². The third-order valence-electron chi connectivity index (χ3n) is 6.27. The first-order valence-electron chi connectivity index (χ1n) is 9.34. The summed E-state index contributed by atoms with van der Waals surface area (Å²) in [6.07, 6.45) is -1.37. The normalized spacial score (nSPS) is 34.3. The van der Waals surface area contributed by atoms with Crippen molar-refractivity contribution in [2.45, 2.75) is 18.3 Å². The highest BCUT2D eigenvalue weighted by molar-refractivity contribution is 6.34. The highest BCUT2D eigenvalue weighted by atomic mass is 35.5. The van der Waals surface area contributed by atoms with E-state index in [1.165, 1.54) is 4.90 Å². The first-order chi connectivity index (χ1) is 14.1. The van der Waals surface area contributed by atoms with Crippen LogP contribution in [0.3, 0.4) is 0 Å². The number of amides is 2. The Hall–Kier alpha value is -2.41. The van der Waals surface area contributed by atoms with E-state index in [9.17, 15) is 9.59 Å². The molecule has 3 fully saturated rings. The van der Waals surface area contributed by atoms with E-state index in [1.54, 1.807) is 30.3 Å². The summed E-state index contributed by atoms with van der Waals surface area (Å²) >= 11 is 12.3. The Balaban J connectivity index is 1.37. The molecule has 2 bridgehead atoms. The number of nitrogens with zero attached hydrogens (tertiary/aromatic N) is 2. The molecule has 4 heterocycles. The van der Waals surface area contributed by atoms with E-state index < -0.39 is 30.1 Å². The minimum atomic E-state index is -0.565. The average molecular weight is 429 g/mol. The van der Waals surface area contributed by atoms with Gasteiger partial charge in [0.1, 0.15) is 6.10 Å². The first kappa shape index (κ1) is 17.4. The molecule has 6 nitrogen and oxygen atoms in total. The predicted octanol–water partition coefficient (Wildman–Crippen LogP) is 3.30. The SMILES string of the molecule is O=C1[C@@H]2[C@H]3O[C@H]([C@H]4ON=C(c5ccccc5Cl)[C@H]43)[C@@H]2C(=O)N1c1ccc(Cl)cc1. The highest BCUT2D eigenvalue weighted by Crippen LogP contribution is 2.55. The van der Waals surface area contributed by atoms with Crippen molar-refractivity contribution in [2.24, 2.45) is 22.9 Å². The zero-order chi connectivity index (χ0) is 19.9. The third-order valence-corrected chi connectivity index (χ3v) is 6.86. The molecule has 4 aliphatic heterocycles. The maximum atomic E-state index is 13.3. The molecular weight excluding hydrogens is 415 g/mol. The first-order valence-corrected chi connectivity index (χ1v) is 10.1. The van der Waals surface area contributed by atoms with Crippen LogP contribution < -0.4 is 4.90 Å². The van der Waals surface area contributed by atoms with Gasteiger partial charge in [0, 0.05) is 15.6 Å². The lowest BCUT2D eigenvalue weighted by Crippen LogP contribution is -2.45. The minimum absolute atomic E-state index is 0.233. The number of benzene rings is 2. The summed E-state index contributed by atoms with van der Waals surface area (Å²) in [6, 6.07) is 14.1. The Morgan fingerprint density at radius 1 is 0.828 bits per heavy atom. The molecule has 146 valence electrons. The van der Waals surface area contributed by atoms with Crippen LogP contribution in [0.25, 0.3) is 0 Å². The number of fused-ring (bicyclic) bond motifs is 8. The van der Waals surface area contributed by atoms with Crippen LogP contribution in [0.1, 0.15) is 5.56 Å². The summed E-state index contributed by atoms with van der Waals surface area (Å²) in [6.45, 7) is 0. The minimum Gasteiger partial charge on any atom is -0.389 e. The van der Waals surface area contributed by atoms with Gasteiger partial charge in [0.25, 0.3) is 0 Å². The van der Waals surface area contributed by atoms with Gasteiger partial charge in [0.15, 0.2) is 6.10 Å². The van der Waals surface area contributed by atoms with Crippen molar-refractivity contribution in [2.75, 3.05) is 4.90 Å². The monoisotopic (exact) mass is 428 g/mol. The van der Waals surface area contributed by atoms with Crippen molar-refractivity contribution in [3.05, 3.63) is 64.1 Å². The molecule has 29 heavy (non-hydrogen) atoms. The maximum Gasteiger partial charge on any atom is 0.240 e. The molecular formula is C21H14Cl2N2O4. The van der Waals surface area contributed by atoms with Crippen LogP contribution in [-0.2, 0) is 19.2 Å². The molecule has 0 unspecified atom stereocenters. The molecule has 0 aliphatic carbocycles. The lowest BCUT2D eigenvalue weighted by molar-refractivity contribution is -0.125. The second-order valence-corrected chi connectivity index (χ2v) is 8.50. The molecule has 0 spiro atoms. The smallest absolute Gasteiger partial charge is 0.240 e. The summed E-state index contributed by atoms with van der Waals surface area (Å²) in [4.78, 5) is 33.3. The van der Waals surface area contributed by atoms with Crippen LogP contribution in [0.2, 0.25) is 10.0 Å². The molecule has 2 aromatic carbocycles. The lowest BCUT2D eigenvalue weighted by Gasteiger charge is -2.26. The Labute approximate surface area is 176 Å². The van der Waals surface area contributed by atoms with Crippen molar-refractivity contribution < 1.29 is 19.2 Å². The zero-order valence-electron chi connectivity index (χ0n) is 14.9. The van der Waals surface area contributed by atoms with Gasteiger partial charge in [-0.15, -0.1) is 0 Å². The Morgan fingerprint density at radius 3 is 2.24 bits per heavy atom. The Morgan fingerprint density at radius 2 is 1.52 bits per heavy atom. The third kappa shape index (κ3) is 2.25. The highest BCUT2D eigenvalue weighted by Gasteiger charge is 2.72. The van der Waals surface area contributed by atoms with Gasteiger partial charge >= 0.3 is 0 Å². The number of hydrogen-bond donors (Lipinski definition) is 0. The Kier molecular flexibility index (Phi) is 3.64. The molecule has 2 aromatic rings. The van der Waals surface area contributed by atoms with Crippen LogP contribution in [0, 0.1) is 17.8 Å². The number of rotatable bonds is 2. The van der Waals surface area contributed by atoms with E-state index in [2.05, 4.69) is 5.16 Å². The van der Waals surface area contributed by atoms with Crippen LogP contribution in [0.4, 0.5) is 5.69 Å². The van der Waals surface area contributed by atoms with Gasteiger partial charge < -0.3 is 9.57 Å². The number of carbonyl (C=O) groups is 2. The standard InChI is InChI=1S/C21H14Cl2N2O4/c22-9-5-7-10(8-6-9)25-20(26)13-14(21(25)27)18-19-15(17(13)28-18)16(24-29-19)11-3-1-2-4-12(11)23/h1-8,13-15,17-19H/t13-,14+,15-,17+,18-,19-/m0/s1. The lowest BCUT2D eigenvalue weighted by atomic mass is 9.71. The van der Waals surface area contributed by atoms with Crippen molar-refractivity contribution in [1.29, 1.82) is 0 Å². The largest absolute Gasteiger partial charge is 0.389 e. The summed E-state index contributed by atoms with van der Waals surface area (Å²) in [5.41, 5.74) is 1.96. The van der Waals surface area contributed by atoms with Gasteiger partial charge in [-0.25, -0.2) is 4.90 Å². The van der Waals surface area contributed by atoms with E-state index in [0.717, 1.165) is 5.56 Å². The molecule has 6 rings (SSSR count). The van der Waals surface area contributed by atoms with Crippen molar-refractivity contribution in [1.82, 2.24) is 0 Å². The molecule has 0 N–H and O–H groups in total. The van der Waals surface area contributed by atoms with Gasteiger partial charge in [0.2, 0.25) is 11.8 Å². The van der Waals surface area contributed by atoms with Crippen molar-refractivity contribution in [3.8, 4) is 0 Å². The zero-order valence-corrected chi connectivity index (χ0v) is 16.4. The number of anilines is 1. The molecule has 0 saturated carbocycles. The molecule has 0 radical (unpaired) electrons. The number of carbonyl (C=O) groups excluding carboxylic acids is 2. The van der Waals surface area contributed by atoms with Gasteiger partial charge in [-0.2, -0.15) is 0 Å². The summed E-state index contributed by atoms with van der Waals surface area (Å²) in [5.74, 6) is -1.87. The van der Waals surface area contributed by atoms with E-state index >= 15 is 0 Å². The van der Waals surface area contributed by atoms with Crippen LogP contribution in [0.5, 0.6) is 0 Å². The molecule has 0 aromatic heterocycles. The van der Waals surface area contributed by atoms with Gasteiger partial charge in [-0.3, -0.25) is 9.59 Å².